The topological polar surface area (TPSA) is 53.2 Å². The number of alkyl halides is 3. The van der Waals surface area contributed by atoms with Crippen LogP contribution in [0.2, 0.25) is 0 Å². The number of urea groups is 1. The van der Waals surface area contributed by atoms with E-state index >= 15 is 0 Å². The van der Waals surface area contributed by atoms with Gasteiger partial charge in [0.2, 0.25) is 0 Å². The van der Waals surface area contributed by atoms with Gasteiger partial charge in [-0.3, -0.25) is 0 Å². The molecular formula is C8H14F3N3O. The van der Waals surface area contributed by atoms with Gasteiger partial charge in [-0.2, -0.15) is 13.2 Å². The van der Waals surface area contributed by atoms with E-state index in [1.54, 1.807) is 6.92 Å². The summed E-state index contributed by atoms with van der Waals surface area (Å²) < 4.78 is 37.3. The van der Waals surface area contributed by atoms with Gasteiger partial charge in [-0.1, -0.05) is 0 Å². The molecule has 0 aromatic heterocycles. The van der Waals surface area contributed by atoms with Gasteiger partial charge in [0, 0.05) is 19.6 Å². The normalized spacial score (nSPS) is 26.4. The molecule has 2 amide bonds. The molecular weight excluding hydrogens is 211 g/mol. The van der Waals surface area contributed by atoms with Crippen molar-refractivity contribution >= 4 is 6.03 Å². The molecule has 1 rings (SSSR count). The molecule has 4 nitrogen and oxygen atoms in total. The van der Waals surface area contributed by atoms with Crippen molar-refractivity contribution in [1.82, 2.24) is 16.0 Å². The van der Waals surface area contributed by atoms with Crippen LogP contribution in [0.5, 0.6) is 0 Å². The molecule has 15 heavy (non-hydrogen) atoms. The van der Waals surface area contributed by atoms with Gasteiger partial charge in [-0.25, -0.2) is 4.79 Å². The minimum absolute atomic E-state index is 0.138. The number of carbonyl (C=O) groups excluding carboxylic acids is 1. The van der Waals surface area contributed by atoms with Crippen LogP contribution in [0.1, 0.15) is 6.92 Å². The lowest BCUT2D eigenvalue weighted by Gasteiger charge is -2.22. The Morgan fingerprint density at radius 1 is 1.47 bits per heavy atom. The van der Waals surface area contributed by atoms with Crippen LogP contribution in [0.15, 0.2) is 0 Å². The largest absolute Gasteiger partial charge is 0.395 e. The number of nitrogens with one attached hydrogen (secondary N) is 3. The summed E-state index contributed by atoms with van der Waals surface area (Å²) in [6.07, 6.45) is -4.27. The molecule has 0 unspecified atom stereocenters. The Kier molecular flexibility index (Phi) is 3.78. The molecule has 1 saturated heterocycles. The van der Waals surface area contributed by atoms with Crippen LogP contribution in [-0.2, 0) is 0 Å². The van der Waals surface area contributed by atoms with Crippen LogP contribution < -0.4 is 16.0 Å². The Labute approximate surface area is 85.6 Å². The van der Waals surface area contributed by atoms with Gasteiger partial charge in [0.25, 0.3) is 0 Å². The van der Waals surface area contributed by atoms with Crippen molar-refractivity contribution in [2.24, 2.45) is 5.92 Å². The fraction of sp³-hybridized carbons (Fsp3) is 0.875. The third-order valence-corrected chi connectivity index (χ3v) is 2.29. The highest BCUT2D eigenvalue weighted by molar-refractivity contribution is 5.74. The number of rotatable bonds is 2. The van der Waals surface area contributed by atoms with Gasteiger partial charge in [0.05, 0.1) is 12.0 Å². The van der Waals surface area contributed by atoms with Gasteiger partial charge in [-0.05, 0) is 6.92 Å². The van der Waals surface area contributed by atoms with Crippen molar-refractivity contribution in [1.29, 1.82) is 0 Å². The maximum Gasteiger partial charge on any atom is 0.395 e. The summed E-state index contributed by atoms with van der Waals surface area (Å²) in [5.41, 5.74) is 0. The average Bonchev–Trinajstić information content (AvgIpc) is 2.51. The minimum atomic E-state index is -4.27. The maximum absolute atomic E-state index is 12.4. The molecule has 7 heteroatoms. The van der Waals surface area contributed by atoms with Crippen molar-refractivity contribution < 1.29 is 18.0 Å². The minimum Gasteiger partial charge on any atom is -0.338 e. The number of hydrogen-bond donors (Lipinski definition) is 3. The molecule has 1 fully saturated rings. The predicted molar refractivity (Wildman–Crippen MR) is 48.4 cm³/mol. The van der Waals surface area contributed by atoms with Crippen LogP contribution in [0, 0.1) is 5.92 Å². The molecule has 0 radical (unpaired) electrons. The highest BCUT2D eigenvalue weighted by Crippen LogP contribution is 2.30. The second kappa shape index (κ2) is 4.69. The highest BCUT2D eigenvalue weighted by atomic mass is 19.4. The molecule has 0 aromatic rings. The summed E-state index contributed by atoms with van der Waals surface area (Å²) in [5.74, 6) is -1.50. The van der Waals surface area contributed by atoms with Crippen molar-refractivity contribution in [3.8, 4) is 0 Å². The van der Waals surface area contributed by atoms with Crippen molar-refractivity contribution in [2.75, 3.05) is 19.6 Å². The third kappa shape index (κ3) is 3.26. The number of amides is 2. The summed E-state index contributed by atoms with van der Waals surface area (Å²) in [7, 11) is 0. The van der Waals surface area contributed by atoms with Gasteiger partial charge < -0.3 is 16.0 Å². The Hall–Kier alpha value is -0.980. The Balaban J connectivity index is 2.50. The number of carbonyl (C=O) groups is 1. The van der Waals surface area contributed by atoms with Crippen molar-refractivity contribution in [3.63, 3.8) is 0 Å². The third-order valence-electron chi connectivity index (χ3n) is 2.29. The lowest BCUT2D eigenvalue weighted by molar-refractivity contribution is -0.173. The lowest BCUT2D eigenvalue weighted by Crippen LogP contribution is -2.48. The van der Waals surface area contributed by atoms with Crippen LogP contribution in [0.25, 0.3) is 0 Å². The first-order valence-electron chi connectivity index (χ1n) is 4.77. The van der Waals surface area contributed by atoms with Crippen molar-refractivity contribution in [2.45, 2.75) is 19.1 Å². The van der Waals surface area contributed by atoms with E-state index in [1.807, 2.05) is 0 Å². The van der Waals surface area contributed by atoms with E-state index in [0.717, 1.165) is 0 Å². The molecule has 1 aliphatic heterocycles. The van der Waals surface area contributed by atoms with Crippen LogP contribution in [-0.4, -0.2) is 37.9 Å². The summed E-state index contributed by atoms with van der Waals surface area (Å²) >= 11 is 0. The lowest BCUT2D eigenvalue weighted by atomic mass is 10.0. The molecule has 1 aliphatic rings. The van der Waals surface area contributed by atoms with E-state index in [1.165, 1.54) is 0 Å². The second-order valence-corrected chi connectivity index (χ2v) is 3.42. The fourth-order valence-corrected chi connectivity index (χ4v) is 1.55. The summed E-state index contributed by atoms with van der Waals surface area (Å²) in [4.78, 5) is 11.1. The molecule has 3 N–H and O–H groups in total. The smallest absolute Gasteiger partial charge is 0.338 e. The zero-order chi connectivity index (χ0) is 11.5. The van der Waals surface area contributed by atoms with Gasteiger partial charge in [0.15, 0.2) is 0 Å². The first-order chi connectivity index (χ1) is 6.95. The SMILES string of the molecule is CCNC(=O)N[C@@H]1CNC[C@H]1C(F)(F)F. The zero-order valence-corrected chi connectivity index (χ0v) is 8.32. The zero-order valence-electron chi connectivity index (χ0n) is 8.32. The Morgan fingerprint density at radius 3 is 2.67 bits per heavy atom. The number of hydrogen-bond acceptors (Lipinski definition) is 2. The van der Waals surface area contributed by atoms with Crippen LogP contribution in [0.4, 0.5) is 18.0 Å². The van der Waals surface area contributed by atoms with Gasteiger partial charge in [-0.15, -0.1) is 0 Å². The predicted octanol–water partition coefficient (Wildman–Crippen LogP) is 0.456. The average molecular weight is 225 g/mol. The van der Waals surface area contributed by atoms with E-state index in [-0.39, 0.29) is 13.1 Å². The van der Waals surface area contributed by atoms with E-state index < -0.39 is 24.2 Å². The van der Waals surface area contributed by atoms with Gasteiger partial charge in [0.1, 0.15) is 0 Å². The summed E-state index contributed by atoms with van der Waals surface area (Å²) in [6.45, 7) is 2.11. The maximum atomic E-state index is 12.4. The van der Waals surface area contributed by atoms with Gasteiger partial charge >= 0.3 is 12.2 Å². The number of halogens is 3. The Bertz CT molecular complexity index is 232. The van der Waals surface area contributed by atoms with E-state index in [2.05, 4.69) is 16.0 Å². The highest BCUT2D eigenvalue weighted by Gasteiger charge is 2.47. The first kappa shape index (κ1) is 12.1. The summed E-state index contributed by atoms with van der Waals surface area (Å²) in [5, 5.41) is 7.32. The second-order valence-electron chi connectivity index (χ2n) is 3.42. The van der Waals surface area contributed by atoms with E-state index in [0.29, 0.717) is 6.54 Å². The molecule has 0 saturated carbocycles. The molecule has 2 atom stereocenters. The molecule has 0 aliphatic carbocycles. The first-order valence-corrected chi connectivity index (χ1v) is 4.77. The fourth-order valence-electron chi connectivity index (χ4n) is 1.55. The molecule has 0 spiro atoms. The van der Waals surface area contributed by atoms with Crippen molar-refractivity contribution in [3.05, 3.63) is 0 Å². The molecule has 0 bridgehead atoms. The van der Waals surface area contributed by atoms with Crippen LogP contribution >= 0.6 is 0 Å². The Morgan fingerprint density at radius 2 is 2.13 bits per heavy atom. The summed E-state index contributed by atoms with van der Waals surface area (Å²) in [6, 6.07) is -1.43. The molecule has 88 valence electrons. The standard InChI is InChI=1S/C8H14F3N3O/c1-2-13-7(15)14-6-4-12-3-5(6)8(9,10)11/h5-6,12H,2-4H2,1H3,(H2,13,14,15)/t5-,6-/m1/s1. The van der Waals surface area contributed by atoms with E-state index in [9.17, 15) is 18.0 Å². The quantitative estimate of drug-likeness (QED) is 0.639. The van der Waals surface area contributed by atoms with Crippen LogP contribution in [0.3, 0.4) is 0 Å². The monoisotopic (exact) mass is 225 g/mol. The molecule has 1 heterocycles. The van der Waals surface area contributed by atoms with E-state index in [4.69, 9.17) is 0 Å². The molecule has 0 aromatic carbocycles.